The molecule has 1 atom stereocenters. The predicted molar refractivity (Wildman–Crippen MR) is 110 cm³/mol. The normalized spacial score (nSPS) is 17.5. The van der Waals surface area contributed by atoms with Gasteiger partial charge in [0.2, 0.25) is 21.7 Å². The Balaban J connectivity index is 1.55. The van der Waals surface area contributed by atoms with E-state index < -0.39 is 15.8 Å². The van der Waals surface area contributed by atoms with Gasteiger partial charge in [-0.25, -0.2) is 12.8 Å². The number of nitrogens with zero attached hydrogens (tertiary/aromatic N) is 3. The van der Waals surface area contributed by atoms with Crippen molar-refractivity contribution in [3.63, 3.8) is 0 Å². The Hall–Kier alpha value is -2.98. The largest absolute Gasteiger partial charge is 0.493 e. The highest BCUT2D eigenvalue weighted by Crippen LogP contribution is 2.33. The first-order valence-electron chi connectivity index (χ1n) is 9.74. The van der Waals surface area contributed by atoms with Crippen molar-refractivity contribution in [1.29, 1.82) is 0 Å². The lowest BCUT2D eigenvalue weighted by Gasteiger charge is -2.30. The van der Waals surface area contributed by atoms with Gasteiger partial charge in [0.1, 0.15) is 5.82 Å². The fraction of sp³-hybridized carbons (Fsp3) is 0.333. The van der Waals surface area contributed by atoms with E-state index >= 15 is 0 Å². The molecule has 1 saturated heterocycles. The molecule has 4 rings (SSSR count). The maximum atomic E-state index is 13.2. The van der Waals surface area contributed by atoms with Gasteiger partial charge in [-0.15, -0.1) is 0 Å². The van der Waals surface area contributed by atoms with Gasteiger partial charge < -0.3 is 14.0 Å². The van der Waals surface area contributed by atoms with Crippen LogP contribution in [0.5, 0.6) is 11.5 Å². The number of benzene rings is 2. The minimum absolute atomic E-state index is 0.0612. The summed E-state index contributed by atoms with van der Waals surface area (Å²) >= 11 is 0. The van der Waals surface area contributed by atoms with Crippen LogP contribution in [-0.4, -0.2) is 50.2 Å². The summed E-state index contributed by atoms with van der Waals surface area (Å²) in [5.41, 5.74) is 0.694. The molecular weight excluding hydrogens is 425 g/mol. The summed E-state index contributed by atoms with van der Waals surface area (Å²) < 4.78 is 56.5. The number of halogens is 1. The van der Waals surface area contributed by atoms with Gasteiger partial charge in [-0.2, -0.15) is 9.29 Å². The molecule has 2 aromatic carbocycles. The van der Waals surface area contributed by atoms with Crippen LogP contribution in [0.4, 0.5) is 4.39 Å². The quantitative estimate of drug-likeness (QED) is 0.571. The van der Waals surface area contributed by atoms with Crippen molar-refractivity contribution in [1.82, 2.24) is 14.4 Å². The summed E-state index contributed by atoms with van der Waals surface area (Å²) in [7, 11) is -0.638. The lowest BCUT2D eigenvalue weighted by atomic mass is 10.00. The molecule has 0 N–H and O–H groups in total. The molecule has 1 fully saturated rings. The molecule has 0 saturated carbocycles. The summed E-state index contributed by atoms with van der Waals surface area (Å²) in [5, 5.41) is 4.06. The Morgan fingerprint density at radius 1 is 1.10 bits per heavy atom. The van der Waals surface area contributed by atoms with Gasteiger partial charge >= 0.3 is 0 Å². The maximum Gasteiger partial charge on any atom is 0.243 e. The van der Waals surface area contributed by atoms with Crippen molar-refractivity contribution in [3.05, 3.63) is 54.2 Å². The molecule has 0 amide bonds. The van der Waals surface area contributed by atoms with Crippen molar-refractivity contribution in [3.8, 4) is 22.9 Å². The van der Waals surface area contributed by atoms with Crippen LogP contribution in [-0.2, 0) is 10.0 Å². The zero-order valence-corrected chi connectivity index (χ0v) is 17.9. The first-order chi connectivity index (χ1) is 14.9. The lowest BCUT2D eigenvalue weighted by molar-refractivity contribution is 0.265. The van der Waals surface area contributed by atoms with Crippen LogP contribution >= 0.6 is 0 Å². The van der Waals surface area contributed by atoms with Gasteiger partial charge in [0.25, 0.3) is 0 Å². The molecule has 1 aromatic heterocycles. The highest BCUT2D eigenvalue weighted by Gasteiger charge is 2.33. The van der Waals surface area contributed by atoms with Crippen LogP contribution in [0, 0.1) is 5.82 Å². The molecule has 0 radical (unpaired) electrons. The summed E-state index contributed by atoms with van der Waals surface area (Å²) in [4.78, 5) is 4.55. The van der Waals surface area contributed by atoms with Crippen LogP contribution in [0.25, 0.3) is 11.4 Å². The fourth-order valence-corrected chi connectivity index (χ4v) is 5.14. The summed E-state index contributed by atoms with van der Waals surface area (Å²) in [5.74, 6) is 1.18. The van der Waals surface area contributed by atoms with Gasteiger partial charge in [-0.05, 0) is 55.3 Å². The summed E-state index contributed by atoms with van der Waals surface area (Å²) in [6.07, 6.45) is 1.38. The second kappa shape index (κ2) is 8.64. The predicted octanol–water partition coefficient (Wildman–Crippen LogP) is 3.46. The van der Waals surface area contributed by atoms with E-state index in [1.165, 1.54) is 16.4 Å². The van der Waals surface area contributed by atoms with Gasteiger partial charge in [-0.3, -0.25) is 0 Å². The molecule has 2 heterocycles. The third-order valence-corrected chi connectivity index (χ3v) is 7.15. The van der Waals surface area contributed by atoms with Crippen molar-refractivity contribution in [2.45, 2.75) is 23.7 Å². The van der Waals surface area contributed by atoms with Crippen molar-refractivity contribution in [2.75, 3.05) is 27.3 Å². The van der Waals surface area contributed by atoms with Crippen LogP contribution < -0.4 is 9.47 Å². The van der Waals surface area contributed by atoms with Crippen molar-refractivity contribution < 1.29 is 26.8 Å². The Bertz CT molecular complexity index is 1160. The molecule has 0 bridgehead atoms. The third-order valence-electron chi connectivity index (χ3n) is 5.27. The lowest BCUT2D eigenvalue weighted by Crippen LogP contribution is -2.39. The Morgan fingerprint density at radius 3 is 2.55 bits per heavy atom. The molecule has 1 aliphatic rings. The molecule has 0 spiro atoms. The molecule has 164 valence electrons. The number of piperidine rings is 1. The number of rotatable bonds is 6. The van der Waals surface area contributed by atoms with Crippen LogP contribution in [0.1, 0.15) is 24.7 Å². The number of sulfonamides is 1. The van der Waals surface area contributed by atoms with Gasteiger partial charge in [0.15, 0.2) is 11.5 Å². The SMILES string of the molecule is COc1ccc(-c2noc([C@@H]3CCCN(S(=O)(=O)c4ccc(F)cc4)C3)n2)cc1OC. The van der Waals surface area contributed by atoms with Crippen molar-refractivity contribution in [2.24, 2.45) is 0 Å². The summed E-state index contributed by atoms with van der Waals surface area (Å²) in [6, 6.07) is 10.1. The highest BCUT2D eigenvalue weighted by molar-refractivity contribution is 7.89. The number of methoxy groups -OCH3 is 2. The monoisotopic (exact) mass is 447 g/mol. The van der Waals surface area contributed by atoms with E-state index in [2.05, 4.69) is 10.1 Å². The number of aromatic nitrogens is 2. The Morgan fingerprint density at radius 2 is 1.84 bits per heavy atom. The average Bonchev–Trinajstić information content (AvgIpc) is 3.29. The smallest absolute Gasteiger partial charge is 0.243 e. The topological polar surface area (TPSA) is 94.8 Å². The Kier molecular flexibility index (Phi) is 5.92. The van der Waals surface area contributed by atoms with Crippen LogP contribution in [0.3, 0.4) is 0 Å². The number of hydrogen-bond acceptors (Lipinski definition) is 7. The molecule has 1 aliphatic heterocycles. The minimum Gasteiger partial charge on any atom is -0.493 e. The molecule has 31 heavy (non-hydrogen) atoms. The zero-order chi connectivity index (χ0) is 22.0. The van der Waals surface area contributed by atoms with E-state index in [1.54, 1.807) is 32.4 Å². The van der Waals surface area contributed by atoms with E-state index in [4.69, 9.17) is 14.0 Å². The van der Waals surface area contributed by atoms with E-state index in [-0.39, 0.29) is 17.4 Å². The maximum absolute atomic E-state index is 13.2. The molecule has 3 aromatic rings. The van der Waals surface area contributed by atoms with E-state index in [1.807, 2.05) is 0 Å². The molecule has 0 aliphatic carbocycles. The fourth-order valence-electron chi connectivity index (χ4n) is 3.61. The first-order valence-corrected chi connectivity index (χ1v) is 11.2. The molecule has 8 nitrogen and oxygen atoms in total. The second-order valence-corrected chi connectivity index (χ2v) is 9.12. The first kappa shape index (κ1) is 21.3. The molecular formula is C21H22FN3O5S. The van der Waals surface area contributed by atoms with Crippen molar-refractivity contribution >= 4 is 10.0 Å². The number of hydrogen-bond donors (Lipinski definition) is 0. The van der Waals surface area contributed by atoms with E-state index in [9.17, 15) is 12.8 Å². The molecule has 10 heteroatoms. The standard InChI is InChI=1S/C21H22FN3O5S/c1-28-18-10-5-14(12-19(18)29-2)20-23-21(30-24-20)15-4-3-11-25(13-15)31(26,27)17-8-6-16(22)7-9-17/h5-10,12,15H,3-4,11,13H2,1-2H3/t15-/m1/s1. The van der Waals surface area contributed by atoms with Crippen LogP contribution in [0.2, 0.25) is 0 Å². The number of ether oxygens (including phenoxy) is 2. The average molecular weight is 447 g/mol. The van der Waals surface area contributed by atoms with Gasteiger partial charge in [-0.1, -0.05) is 5.16 Å². The van der Waals surface area contributed by atoms with E-state index in [0.717, 1.165) is 18.6 Å². The van der Waals surface area contributed by atoms with Gasteiger partial charge in [0.05, 0.1) is 25.0 Å². The molecule has 0 unspecified atom stereocenters. The third kappa shape index (κ3) is 4.26. The Labute approximate surface area is 179 Å². The second-order valence-electron chi connectivity index (χ2n) is 7.18. The highest BCUT2D eigenvalue weighted by atomic mass is 32.2. The van der Waals surface area contributed by atoms with Crippen LogP contribution in [0.15, 0.2) is 51.9 Å². The van der Waals surface area contributed by atoms with Gasteiger partial charge in [0, 0.05) is 18.7 Å². The van der Waals surface area contributed by atoms with E-state index in [0.29, 0.717) is 41.7 Å². The minimum atomic E-state index is -3.74. The summed E-state index contributed by atoms with van der Waals surface area (Å²) in [6.45, 7) is 0.597. The zero-order valence-electron chi connectivity index (χ0n) is 17.1.